The van der Waals surface area contributed by atoms with Gasteiger partial charge in [0, 0.05) is 6.07 Å². The molecule has 0 bridgehead atoms. The van der Waals surface area contributed by atoms with E-state index < -0.39 is 10.0 Å². The molecule has 0 atom stereocenters. The molecule has 2 rings (SSSR count). The quantitative estimate of drug-likeness (QED) is 0.814. The predicted molar refractivity (Wildman–Crippen MR) is 53.8 cm³/mol. The number of ether oxygens (including phenoxy) is 1. The third kappa shape index (κ3) is 2.90. The fourth-order valence-corrected chi connectivity index (χ4v) is 1.57. The van der Waals surface area contributed by atoms with Crippen molar-refractivity contribution in [2.75, 3.05) is 6.61 Å². The molecule has 1 aliphatic carbocycles. The van der Waals surface area contributed by atoms with Crippen LogP contribution in [0.5, 0.6) is 5.88 Å². The van der Waals surface area contributed by atoms with E-state index in [0.717, 1.165) is 0 Å². The Kier molecular flexibility index (Phi) is 2.62. The Morgan fingerprint density at radius 2 is 2.20 bits per heavy atom. The highest BCUT2D eigenvalue weighted by Crippen LogP contribution is 2.29. The number of hydrogen-bond donors (Lipinski definition) is 1. The minimum Gasteiger partial charge on any atom is -0.477 e. The van der Waals surface area contributed by atoms with Crippen molar-refractivity contribution in [3.63, 3.8) is 0 Å². The number of nitrogens with zero attached hydrogens (tertiary/aromatic N) is 1. The maximum Gasteiger partial charge on any atom is 0.239 e. The van der Waals surface area contributed by atoms with Gasteiger partial charge in [-0.1, -0.05) is 0 Å². The molecule has 82 valence electrons. The molecule has 1 saturated carbocycles. The third-order valence-electron chi connectivity index (χ3n) is 2.20. The fourth-order valence-electron chi connectivity index (χ4n) is 1.11. The first-order valence-corrected chi connectivity index (χ1v) is 6.22. The van der Waals surface area contributed by atoms with Crippen molar-refractivity contribution in [3.05, 3.63) is 18.3 Å². The van der Waals surface area contributed by atoms with E-state index in [2.05, 4.69) is 4.98 Å². The average Bonchev–Trinajstić information content (AvgIpc) is 2.97. The summed E-state index contributed by atoms with van der Waals surface area (Å²) in [6, 6.07) is 2.91. The van der Waals surface area contributed by atoms with Crippen molar-refractivity contribution in [3.8, 4) is 5.88 Å². The van der Waals surface area contributed by atoms with Crippen LogP contribution in [0.2, 0.25) is 0 Å². The first kappa shape index (κ1) is 10.4. The number of pyridine rings is 1. The first-order valence-electron chi connectivity index (χ1n) is 4.67. The average molecular weight is 228 g/mol. The molecule has 1 aliphatic rings. The maximum absolute atomic E-state index is 10.9. The second-order valence-corrected chi connectivity index (χ2v) is 5.19. The highest BCUT2D eigenvalue weighted by Gasteiger charge is 2.22. The van der Waals surface area contributed by atoms with Crippen LogP contribution in [0.4, 0.5) is 0 Å². The van der Waals surface area contributed by atoms with Gasteiger partial charge in [-0.3, -0.25) is 0 Å². The molecule has 0 spiro atoms. The topological polar surface area (TPSA) is 82.3 Å². The Labute approximate surface area is 88.3 Å². The van der Waals surface area contributed by atoms with Gasteiger partial charge in [0.25, 0.3) is 0 Å². The van der Waals surface area contributed by atoms with Gasteiger partial charge in [-0.25, -0.2) is 18.5 Å². The number of rotatable bonds is 4. The molecule has 1 fully saturated rings. The monoisotopic (exact) mass is 228 g/mol. The van der Waals surface area contributed by atoms with Crippen molar-refractivity contribution in [2.45, 2.75) is 17.7 Å². The molecular formula is C9H12N2O3S. The number of primary sulfonamides is 1. The Morgan fingerprint density at radius 3 is 2.67 bits per heavy atom. The van der Waals surface area contributed by atoms with E-state index in [1.807, 2.05) is 0 Å². The molecule has 1 aromatic heterocycles. The van der Waals surface area contributed by atoms with Gasteiger partial charge in [0.1, 0.15) is 4.90 Å². The molecule has 0 amide bonds. The minimum atomic E-state index is -3.66. The van der Waals surface area contributed by atoms with Gasteiger partial charge < -0.3 is 4.74 Å². The van der Waals surface area contributed by atoms with Crippen LogP contribution in [0.3, 0.4) is 0 Å². The highest BCUT2D eigenvalue weighted by atomic mass is 32.2. The summed E-state index contributed by atoms with van der Waals surface area (Å²) < 4.78 is 27.2. The molecule has 1 aromatic rings. The van der Waals surface area contributed by atoms with E-state index in [0.29, 0.717) is 18.4 Å². The van der Waals surface area contributed by atoms with Crippen LogP contribution in [0.25, 0.3) is 0 Å². The van der Waals surface area contributed by atoms with Gasteiger partial charge >= 0.3 is 0 Å². The lowest BCUT2D eigenvalue weighted by atomic mass is 10.4. The van der Waals surface area contributed by atoms with Crippen LogP contribution in [0.1, 0.15) is 12.8 Å². The van der Waals surface area contributed by atoms with Crippen molar-refractivity contribution in [1.82, 2.24) is 4.98 Å². The first-order chi connectivity index (χ1) is 7.05. The Balaban J connectivity index is 2.02. The SMILES string of the molecule is NS(=O)(=O)c1ccc(OCC2CC2)nc1. The molecule has 15 heavy (non-hydrogen) atoms. The lowest BCUT2D eigenvalue weighted by Gasteiger charge is -2.03. The summed E-state index contributed by atoms with van der Waals surface area (Å²) in [7, 11) is -3.66. The van der Waals surface area contributed by atoms with Crippen LogP contribution in [-0.4, -0.2) is 20.0 Å². The number of nitrogens with two attached hydrogens (primary N) is 1. The normalized spacial score (nSPS) is 16.3. The Hall–Kier alpha value is -1.14. The second-order valence-electron chi connectivity index (χ2n) is 3.63. The second kappa shape index (κ2) is 3.79. The molecular weight excluding hydrogens is 216 g/mol. The zero-order chi connectivity index (χ0) is 10.9. The summed E-state index contributed by atoms with van der Waals surface area (Å²) in [4.78, 5) is 3.86. The summed E-state index contributed by atoms with van der Waals surface area (Å²) in [5.74, 6) is 1.08. The molecule has 0 radical (unpaired) electrons. The van der Waals surface area contributed by atoms with Gasteiger partial charge in [0.05, 0.1) is 12.8 Å². The molecule has 6 heteroatoms. The zero-order valence-corrected chi connectivity index (χ0v) is 8.90. The Bertz CT molecular complexity index is 437. The van der Waals surface area contributed by atoms with Gasteiger partial charge in [-0.05, 0) is 24.8 Å². The smallest absolute Gasteiger partial charge is 0.239 e. The summed E-state index contributed by atoms with van der Waals surface area (Å²) in [6.45, 7) is 0.654. The van der Waals surface area contributed by atoms with Crippen LogP contribution in [0.15, 0.2) is 23.2 Å². The van der Waals surface area contributed by atoms with E-state index in [-0.39, 0.29) is 4.90 Å². The maximum atomic E-state index is 10.9. The highest BCUT2D eigenvalue weighted by molar-refractivity contribution is 7.89. The third-order valence-corrected chi connectivity index (χ3v) is 3.10. The van der Waals surface area contributed by atoms with Crippen molar-refractivity contribution < 1.29 is 13.2 Å². The molecule has 1 heterocycles. The van der Waals surface area contributed by atoms with Crippen LogP contribution >= 0.6 is 0 Å². The molecule has 2 N–H and O–H groups in total. The lowest BCUT2D eigenvalue weighted by molar-refractivity contribution is 0.288. The van der Waals surface area contributed by atoms with E-state index in [4.69, 9.17) is 9.88 Å². The molecule has 0 aliphatic heterocycles. The number of sulfonamides is 1. The minimum absolute atomic E-state index is 0.00118. The van der Waals surface area contributed by atoms with Gasteiger partial charge in [0.15, 0.2) is 0 Å². The van der Waals surface area contributed by atoms with E-state index in [9.17, 15) is 8.42 Å². The summed E-state index contributed by atoms with van der Waals surface area (Å²) >= 11 is 0. The van der Waals surface area contributed by atoms with Gasteiger partial charge in [-0.2, -0.15) is 0 Å². The van der Waals surface area contributed by atoms with Crippen molar-refractivity contribution in [1.29, 1.82) is 0 Å². The van der Waals surface area contributed by atoms with Crippen molar-refractivity contribution >= 4 is 10.0 Å². The van der Waals surface area contributed by atoms with E-state index in [1.54, 1.807) is 0 Å². The summed E-state index contributed by atoms with van der Waals surface area (Å²) in [6.07, 6.45) is 3.61. The standard InChI is InChI=1S/C9H12N2O3S/c10-15(12,13)8-3-4-9(11-5-8)14-6-7-1-2-7/h3-5,7H,1-2,6H2,(H2,10,12,13). The molecule has 0 unspecified atom stereocenters. The lowest BCUT2D eigenvalue weighted by Crippen LogP contribution is -2.12. The Morgan fingerprint density at radius 1 is 1.47 bits per heavy atom. The molecule has 0 saturated heterocycles. The van der Waals surface area contributed by atoms with Crippen LogP contribution in [-0.2, 0) is 10.0 Å². The van der Waals surface area contributed by atoms with Gasteiger partial charge in [-0.15, -0.1) is 0 Å². The summed E-state index contributed by atoms with van der Waals surface area (Å²) in [5.41, 5.74) is 0. The fraction of sp³-hybridized carbons (Fsp3) is 0.444. The molecule has 0 aromatic carbocycles. The largest absolute Gasteiger partial charge is 0.477 e. The van der Waals surface area contributed by atoms with Crippen molar-refractivity contribution in [2.24, 2.45) is 11.1 Å². The zero-order valence-electron chi connectivity index (χ0n) is 8.09. The predicted octanol–water partition coefficient (Wildman–Crippen LogP) is 0.518. The van der Waals surface area contributed by atoms with E-state index in [1.165, 1.54) is 31.2 Å². The van der Waals surface area contributed by atoms with E-state index >= 15 is 0 Å². The van der Waals surface area contributed by atoms with Crippen LogP contribution < -0.4 is 9.88 Å². The number of aromatic nitrogens is 1. The number of hydrogen-bond acceptors (Lipinski definition) is 4. The van der Waals surface area contributed by atoms with Gasteiger partial charge in [0.2, 0.25) is 15.9 Å². The summed E-state index contributed by atoms with van der Waals surface area (Å²) in [5, 5.41) is 4.93. The van der Waals surface area contributed by atoms with Crippen LogP contribution in [0, 0.1) is 5.92 Å². The molecule has 5 nitrogen and oxygen atoms in total.